The second-order valence-corrected chi connectivity index (χ2v) is 5.03. The summed E-state index contributed by atoms with van der Waals surface area (Å²) >= 11 is 0. The molecule has 0 radical (unpaired) electrons. The predicted molar refractivity (Wildman–Crippen MR) is 67.6 cm³/mol. The zero-order valence-electron chi connectivity index (χ0n) is 9.79. The van der Waals surface area contributed by atoms with Crippen LogP contribution in [0.15, 0.2) is 35.0 Å². The molecule has 0 atom stereocenters. The zero-order valence-corrected chi connectivity index (χ0v) is 9.79. The van der Waals surface area contributed by atoms with E-state index >= 15 is 0 Å². The molecule has 1 N–H and O–H groups in total. The molecule has 0 aliphatic carbocycles. The second-order valence-electron chi connectivity index (χ2n) is 5.03. The highest BCUT2D eigenvalue weighted by Gasteiger charge is 2.22. The van der Waals surface area contributed by atoms with Crippen LogP contribution in [0.2, 0.25) is 0 Å². The number of allylic oxidation sites excluding steroid dienone is 1. The Morgan fingerprint density at radius 3 is 2.88 bits per heavy atom. The first-order chi connectivity index (χ1) is 7.55. The fourth-order valence-corrected chi connectivity index (χ4v) is 2.44. The third-order valence-electron chi connectivity index (χ3n) is 3.05. The van der Waals surface area contributed by atoms with Gasteiger partial charge in [-0.1, -0.05) is 6.08 Å². The quantitative estimate of drug-likeness (QED) is 0.714. The largest absolute Gasteiger partial charge is 0.464 e. The maximum atomic E-state index is 5.43. The minimum absolute atomic E-state index is 0.0223. The lowest BCUT2D eigenvalue weighted by atomic mass is 9.91. The molecule has 0 unspecified atom stereocenters. The monoisotopic (exact) mass is 213 g/mol. The van der Waals surface area contributed by atoms with Gasteiger partial charge >= 0.3 is 0 Å². The Hall–Kier alpha value is -1.70. The van der Waals surface area contributed by atoms with Gasteiger partial charge in [0.15, 0.2) is 0 Å². The number of anilines is 1. The van der Waals surface area contributed by atoms with Gasteiger partial charge in [0.1, 0.15) is 5.58 Å². The molecule has 1 aliphatic rings. The highest BCUT2D eigenvalue weighted by Crippen LogP contribution is 2.36. The van der Waals surface area contributed by atoms with Gasteiger partial charge in [-0.25, -0.2) is 0 Å². The average Bonchev–Trinajstić information content (AvgIpc) is 2.60. The van der Waals surface area contributed by atoms with Crippen LogP contribution in [0.3, 0.4) is 0 Å². The molecule has 2 heteroatoms. The van der Waals surface area contributed by atoms with Crippen molar-refractivity contribution in [3.05, 3.63) is 36.1 Å². The van der Waals surface area contributed by atoms with Crippen molar-refractivity contribution in [1.82, 2.24) is 0 Å². The first kappa shape index (κ1) is 9.52. The number of fused-ring (bicyclic) bond motifs is 2. The van der Waals surface area contributed by atoms with E-state index in [9.17, 15) is 0 Å². The third-order valence-corrected chi connectivity index (χ3v) is 3.05. The van der Waals surface area contributed by atoms with E-state index in [1.165, 1.54) is 16.8 Å². The van der Waals surface area contributed by atoms with Gasteiger partial charge in [-0.05, 0) is 44.5 Å². The molecule has 3 rings (SSSR count). The van der Waals surface area contributed by atoms with Crippen molar-refractivity contribution in [2.75, 3.05) is 5.32 Å². The van der Waals surface area contributed by atoms with Crippen molar-refractivity contribution in [2.24, 2.45) is 0 Å². The highest BCUT2D eigenvalue weighted by atomic mass is 16.3. The van der Waals surface area contributed by atoms with E-state index < -0.39 is 0 Å². The van der Waals surface area contributed by atoms with Crippen LogP contribution >= 0.6 is 0 Å². The number of benzene rings is 1. The fourth-order valence-electron chi connectivity index (χ4n) is 2.44. The summed E-state index contributed by atoms with van der Waals surface area (Å²) in [5, 5.41) is 4.68. The van der Waals surface area contributed by atoms with Gasteiger partial charge < -0.3 is 9.73 Å². The normalized spacial score (nSPS) is 17.8. The molecule has 82 valence electrons. The van der Waals surface area contributed by atoms with E-state index in [4.69, 9.17) is 4.42 Å². The average molecular weight is 213 g/mol. The summed E-state index contributed by atoms with van der Waals surface area (Å²) in [6, 6.07) is 6.27. The lowest BCUT2D eigenvalue weighted by Crippen LogP contribution is -2.31. The molecule has 1 aromatic carbocycles. The first-order valence-corrected chi connectivity index (χ1v) is 5.54. The minimum atomic E-state index is 0.0223. The Morgan fingerprint density at radius 1 is 1.25 bits per heavy atom. The molecule has 16 heavy (non-hydrogen) atoms. The van der Waals surface area contributed by atoms with Gasteiger partial charge in [-0.2, -0.15) is 0 Å². The summed E-state index contributed by atoms with van der Waals surface area (Å²) in [7, 11) is 0. The van der Waals surface area contributed by atoms with E-state index in [0.717, 1.165) is 11.0 Å². The topological polar surface area (TPSA) is 25.2 Å². The maximum Gasteiger partial charge on any atom is 0.134 e. The van der Waals surface area contributed by atoms with Crippen LogP contribution in [0.5, 0.6) is 0 Å². The zero-order chi connectivity index (χ0) is 11.3. The molecule has 0 amide bonds. The Kier molecular flexibility index (Phi) is 1.73. The Labute approximate surface area is 95.0 Å². The van der Waals surface area contributed by atoms with Crippen molar-refractivity contribution in [1.29, 1.82) is 0 Å². The molecule has 2 aromatic rings. The van der Waals surface area contributed by atoms with Crippen LogP contribution in [0.4, 0.5) is 5.69 Å². The number of furan rings is 1. The molecule has 2 heterocycles. The minimum Gasteiger partial charge on any atom is -0.464 e. The molecule has 1 aromatic heterocycles. The van der Waals surface area contributed by atoms with Crippen LogP contribution < -0.4 is 5.32 Å². The number of rotatable bonds is 0. The van der Waals surface area contributed by atoms with Gasteiger partial charge in [-0.15, -0.1) is 0 Å². The van der Waals surface area contributed by atoms with Crippen LogP contribution in [-0.2, 0) is 0 Å². The second kappa shape index (κ2) is 2.91. The fraction of sp³-hybridized carbons (Fsp3) is 0.286. The van der Waals surface area contributed by atoms with E-state index in [2.05, 4.69) is 44.3 Å². The van der Waals surface area contributed by atoms with E-state index in [1.54, 1.807) is 6.26 Å². The van der Waals surface area contributed by atoms with E-state index in [-0.39, 0.29) is 5.54 Å². The smallest absolute Gasteiger partial charge is 0.134 e. The Morgan fingerprint density at radius 2 is 2.06 bits per heavy atom. The molecule has 0 bridgehead atoms. The Balaban J connectivity index is 2.28. The summed E-state index contributed by atoms with van der Waals surface area (Å²) in [5.41, 5.74) is 4.71. The summed E-state index contributed by atoms with van der Waals surface area (Å²) in [6.07, 6.45) is 3.99. The molecule has 0 saturated heterocycles. The van der Waals surface area contributed by atoms with Crippen molar-refractivity contribution in [3.63, 3.8) is 0 Å². The summed E-state index contributed by atoms with van der Waals surface area (Å²) in [4.78, 5) is 0. The molecule has 0 fully saturated rings. The molecule has 0 saturated carbocycles. The van der Waals surface area contributed by atoms with Gasteiger partial charge in [0.05, 0.1) is 11.8 Å². The highest BCUT2D eigenvalue weighted by molar-refractivity contribution is 5.91. The molecular formula is C14H15NO. The van der Waals surface area contributed by atoms with Crippen molar-refractivity contribution < 1.29 is 4.42 Å². The van der Waals surface area contributed by atoms with E-state index in [0.29, 0.717) is 0 Å². The number of nitrogens with one attached hydrogen (secondary N) is 1. The Bertz CT molecular complexity index is 590. The molecule has 1 aliphatic heterocycles. The SMILES string of the molecule is CC1=CC(C)(C)Nc2cc3ccoc3cc21. The van der Waals surface area contributed by atoms with Gasteiger partial charge in [0.25, 0.3) is 0 Å². The predicted octanol–water partition coefficient (Wildman–Crippen LogP) is 4.04. The van der Waals surface area contributed by atoms with Gasteiger partial charge in [0, 0.05) is 16.6 Å². The number of hydrogen-bond acceptors (Lipinski definition) is 2. The summed E-state index contributed by atoms with van der Waals surface area (Å²) < 4.78 is 5.43. The van der Waals surface area contributed by atoms with Crippen molar-refractivity contribution >= 4 is 22.2 Å². The van der Waals surface area contributed by atoms with Crippen LogP contribution in [-0.4, -0.2) is 5.54 Å². The summed E-state index contributed by atoms with van der Waals surface area (Å²) in [6.45, 7) is 6.51. The van der Waals surface area contributed by atoms with Crippen LogP contribution in [0.1, 0.15) is 26.3 Å². The van der Waals surface area contributed by atoms with Crippen LogP contribution in [0.25, 0.3) is 16.5 Å². The van der Waals surface area contributed by atoms with Crippen molar-refractivity contribution in [2.45, 2.75) is 26.3 Å². The summed E-state index contributed by atoms with van der Waals surface area (Å²) in [5.74, 6) is 0. The van der Waals surface area contributed by atoms with Gasteiger partial charge in [-0.3, -0.25) is 0 Å². The number of hydrogen-bond donors (Lipinski definition) is 1. The van der Waals surface area contributed by atoms with E-state index in [1.807, 2.05) is 6.07 Å². The third kappa shape index (κ3) is 1.33. The van der Waals surface area contributed by atoms with Gasteiger partial charge in [0.2, 0.25) is 0 Å². The standard InChI is InChI=1S/C14H15NO/c1-9-8-14(2,3)15-12-6-10-4-5-16-13(10)7-11(9)12/h4-8,15H,1-3H3. The molecule has 2 nitrogen and oxygen atoms in total. The van der Waals surface area contributed by atoms with Crippen LogP contribution in [0, 0.1) is 0 Å². The first-order valence-electron chi connectivity index (χ1n) is 5.54. The molecule has 0 spiro atoms. The lowest BCUT2D eigenvalue weighted by Gasteiger charge is -2.31. The molecular weight excluding hydrogens is 198 g/mol. The maximum absolute atomic E-state index is 5.43. The lowest BCUT2D eigenvalue weighted by molar-refractivity contribution is 0.615. The van der Waals surface area contributed by atoms with Crippen molar-refractivity contribution in [3.8, 4) is 0 Å².